The number of phenols is 1. The summed E-state index contributed by atoms with van der Waals surface area (Å²) >= 11 is 0. The van der Waals surface area contributed by atoms with E-state index in [4.69, 9.17) is 5.11 Å². The quantitative estimate of drug-likeness (QED) is 0.499. The lowest BCUT2D eigenvalue weighted by Gasteiger charge is -2.25. The summed E-state index contributed by atoms with van der Waals surface area (Å²) in [5.74, 6) is 0.222. The molecule has 0 spiro atoms. The molecule has 1 aromatic rings. The minimum Gasteiger partial charge on any atom is -0.508 e. The number of phenolic OH excluding ortho intramolecular Hbond substituents is 1. The van der Waals surface area contributed by atoms with Gasteiger partial charge in [0.2, 0.25) is 6.08 Å². The van der Waals surface area contributed by atoms with E-state index in [9.17, 15) is 4.79 Å². The lowest BCUT2D eigenvalue weighted by molar-refractivity contribution is 0.470. The monoisotopic (exact) mass is 161 g/mol. The van der Waals surface area contributed by atoms with Gasteiger partial charge in [-0.05, 0) is 23.3 Å². The smallest absolute Gasteiger partial charge is 0.235 e. The van der Waals surface area contributed by atoms with Crippen LogP contribution in [0.4, 0.5) is 0 Å². The molecule has 60 valence electrons. The topological polar surface area (TPSA) is 49.7 Å². The Bertz CT molecular complexity index is 367. The summed E-state index contributed by atoms with van der Waals surface area (Å²) in [7, 11) is 0. The fourth-order valence-electron chi connectivity index (χ4n) is 1.44. The number of nitrogens with zero attached hydrogens (tertiary/aromatic N) is 1. The number of aliphatic imine (C=N–C) groups is 1. The minimum atomic E-state index is -0.0791. The van der Waals surface area contributed by atoms with E-state index in [2.05, 4.69) is 4.99 Å². The van der Waals surface area contributed by atoms with Crippen LogP contribution in [0.5, 0.6) is 5.75 Å². The molecule has 3 heteroatoms. The van der Waals surface area contributed by atoms with Gasteiger partial charge in [0.15, 0.2) is 0 Å². The van der Waals surface area contributed by atoms with E-state index in [-0.39, 0.29) is 11.8 Å². The summed E-state index contributed by atoms with van der Waals surface area (Å²) in [5, 5.41) is 9.12. The maximum absolute atomic E-state index is 9.95. The average molecular weight is 161 g/mol. The second kappa shape index (κ2) is 2.47. The van der Waals surface area contributed by atoms with Crippen molar-refractivity contribution in [2.24, 2.45) is 4.99 Å². The minimum absolute atomic E-state index is 0.0791. The summed E-state index contributed by atoms with van der Waals surface area (Å²) in [6.07, 6.45) is 2.31. The van der Waals surface area contributed by atoms with E-state index in [1.165, 1.54) is 6.08 Å². The van der Waals surface area contributed by atoms with Gasteiger partial charge in [-0.25, -0.2) is 4.79 Å². The van der Waals surface area contributed by atoms with Crippen molar-refractivity contribution in [3.63, 3.8) is 0 Å². The molecule has 1 unspecified atom stereocenters. The van der Waals surface area contributed by atoms with E-state index < -0.39 is 0 Å². The molecule has 0 radical (unpaired) electrons. The number of hydrogen-bond acceptors (Lipinski definition) is 3. The first-order valence-corrected chi connectivity index (χ1v) is 3.70. The van der Waals surface area contributed by atoms with Crippen LogP contribution in [0.1, 0.15) is 17.2 Å². The highest BCUT2D eigenvalue weighted by Gasteiger charge is 2.25. The van der Waals surface area contributed by atoms with E-state index >= 15 is 0 Å². The molecule has 0 saturated carbocycles. The van der Waals surface area contributed by atoms with E-state index in [1.54, 1.807) is 12.1 Å². The second-order valence-corrected chi connectivity index (χ2v) is 2.82. The SMILES string of the molecule is O=C=NC1Cc2ccc(O)cc21. The normalized spacial score (nSPS) is 18.8. The van der Waals surface area contributed by atoms with E-state index in [0.717, 1.165) is 17.5 Å². The van der Waals surface area contributed by atoms with Crippen molar-refractivity contribution in [1.29, 1.82) is 0 Å². The zero-order chi connectivity index (χ0) is 8.55. The Morgan fingerprint density at radius 3 is 3.17 bits per heavy atom. The third-order valence-electron chi connectivity index (χ3n) is 2.11. The van der Waals surface area contributed by atoms with Crippen LogP contribution in [-0.4, -0.2) is 11.2 Å². The zero-order valence-corrected chi connectivity index (χ0v) is 6.32. The molecule has 1 aliphatic rings. The van der Waals surface area contributed by atoms with Gasteiger partial charge in [0.25, 0.3) is 0 Å². The van der Waals surface area contributed by atoms with Crippen LogP contribution in [0.25, 0.3) is 0 Å². The molecule has 12 heavy (non-hydrogen) atoms. The Morgan fingerprint density at radius 1 is 1.58 bits per heavy atom. The van der Waals surface area contributed by atoms with Crippen LogP contribution in [0.15, 0.2) is 23.2 Å². The molecule has 0 aliphatic heterocycles. The summed E-state index contributed by atoms with van der Waals surface area (Å²) < 4.78 is 0. The predicted molar refractivity (Wildman–Crippen MR) is 42.7 cm³/mol. The van der Waals surface area contributed by atoms with Gasteiger partial charge in [0.1, 0.15) is 5.75 Å². The number of hydrogen-bond donors (Lipinski definition) is 1. The van der Waals surface area contributed by atoms with Gasteiger partial charge in [-0.3, -0.25) is 0 Å². The molecular weight excluding hydrogens is 154 g/mol. The van der Waals surface area contributed by atoms with Crippen molar-refractivity contribution < 1.29 is 9.90 Å². The van der Waals surface area contributed by atoms with Crippen LogP contribution < -0.4 is 0 Å². The molecule has 0 saturated heterocycles. The molecule has 0 aromatic heterocycles. The van der Waals surface area contributed by atoms with Crippen molar-refractivity contribution in [2.75, 3.05) is 0 Å². The van der Waals surface area contributed by atoms with Crippen LogP contribution in [0.2, 0.25) is 0 Å². The third kappa shape index (κ3) is 0.917. The van der Waals surface area contributed by atoms with Crippen LogP contribution in [0.3, 0.4) is 0 Å². The Kier molecular flexibility index (Phi) is 1.45. The summed E-state index contributed by atoms with van der Waals surface area (Å²) in [5.41, 5.74) is 2.09. The Balaban J connectivity index is 2.39. The Hall–Kier alpha value is -1.60. The molecule has 3 nitrogen and oxygen atoms in total. The molecule has 1 aliphatic carbocycles. The summed E-state index contributed by atoms with van der Waals surface area (Å²) in [4.78, 5) is 13.5. The van der Waals surface area contributed by atoms with Crippen molar-refractivity contribution in [3.05, 3.63) is 29.3 Å². The number of carbonyl (C=O) groups excluding carboxylic acids is 1. The summed E-state index contributed by atoms with van der Waals surface area (Å²) in [6.45, 7) is 0. The van der Waals surface area contributed by atoms with Gasteiger partial charge >= 0.3 is 0 Å². The van der Waals surface area contributed by atoms with E-state index in [0.29, 0.717) is 0 Å². The third-order valence-corrected chi connectivity index (χ3v) is 2.11. The maximum Gasteiger partial charge on any atom is 0.235 e. The highest BCUT2D eigenvalue weighted by Crippen LogP contribution is 2.37. The van der Waals surface area contributed by atoms with Crippen LogP contribution in [0, 0.1) is 0 Å². The zero-order valence-electron chi connectivity index (χ0n) is 6.32. The highest BCUT2D eigenvalue weighted by molar-refractivity contribution is 5.47. The Labute approximate surface area is 69.4 Å². The molecule has 0 fully saturated rings. The first-order chi connectivity index (χ1) is 5.81. The van der Waals surface area contributed by atoms with Crippen molar-refractivity contribution >= 4 is 6.08 Å². The molecule has 2 rings (SSSR count). The van der Waals surface area contributed by atoms with Crippen molar-refractivity contribution in [2.45, 2.75) is 12.5 Å². The fraction of sp³-hybridized carbons (Fsp3) is 0.222. The predicted octanol–water partition coefficient (Wildman–Crippen LogP) is 1.33. The molecule has 1 N–H and O–H groups in total. The van der Waals surface area contributed by atoms with Gasteiger partial charge in [-0.1, -0.05) is 6.07 Å². The Morgan fingerprint density at radius 2 is 2.42 bits per heavy atom. The highest BCUT2D eigenvalue weighted by atomic mass is 16.3. The molecule has 0 heterocycles. The average Bonchev–Trinajstić information content (AvgIpc) is 2.05. The van der Waals surface area contributed by atoms with Crippen LogP contribution >= 0.6 is 0 Å². The lowest BCUT2D eigenvalue weighted by atomic mass is 9.84. The maximum atomic E-state index is 9.95. The lowest BCUT2D eigenvalue weighted by Crippen LogP contribution is -2.14. The van der Waals surface area contributed by atoms with Crippen molar-refractivity contribution in [1.82, 2.24) is 0 Å². The van der Waals surface area contributed by atoms with Gasteiger partial charge < -0.3 is 5.11 Å². The molecule has 0 amide bonds. The largest absolute Gasteiger partial charge is 0.508 e. The first kappa shape index (κ1) is 7.07. The van der Waals surface area contributed by atoms with E-state index in [1.807, 2.05) is 6.07 Å². The standard InChI is InChI=1S/C9H7NO2/c11-5-10-9-3-6-1-2-7(12)4-8(6)9/h1-2,4,9,12H,3H2. The first-order valence-electron chi connectivity index (χ1n) is 3.70. The second-order valence-electron chi connectivity index (χ2n) is 2.82. The summed E-state index contributed by atoms with van der Waals surface area (Å²) in [6, 6.07) is 5.05. The number of aromatic hydroxyl groups is 1. The molecule has 0 bridgehead atoms. The number of rotatable bonds is 1. The fourth-order valence-corrected chi connectivity index (χ4v) is 1.44. The molecule has 1 atom stereocenters. The number of fused-ring (bicyclic) bond motifs is 1. The molecular formula is C9H7NO2. The van der Waals surface area contributed by atoms with Crippen molar-refractivity contribution in [3.8, 4) is 5.75 Å². The van der Waals surface area contributed by atoms with Gasteiger partial charge in [-0.2, -0.15) is 4.99 Å². The molecule has 1 aromatic carbocycles. The van der Waals surface area contributed by atoms with Gasteiger partial charge in [0.05, 0.1) is 6.04 Å². The van der Waals surface area contributed by atoms with Gasteiger partial charge in [-0.15, -0.1) is 0 Å². The number of benzene rings is 1. The van der Waals surface area contributed by atoms with Gasteiger partial charge in [0, 0.05) is 6.42 Å². The van der Waals surface area contributed by atoms with Crippen LogP contribution in [-0.2, 0) is 11.2 Å². The number of isocyanates is 1.